The van der Waals surface area contributed by atoms with E-state index in [9.17, 15) is 0 Å². The van der Waals surface area contributed by atoms with Gasteiger partial charge < -0.3 is 18.8 Å². The predicted molar refractivity (Wildman–Crippen MR) is 83.3 cm³/mol. The van der Waals surface area contributed by atoms with Gasteiger partial charge in [-0.15, -0.1) is 0 Å². The molecule has 2 heterocycles. The summed E-state index contributed by atoms with van der Waals surface area (Å²) in [5.74, 6) is 0.957. The molecule has 0 aliphatic rings. The van der Waals surface area contributed by atoms with Gasteiger partial charge in [0.15, 0.2) is 0 Å². The van der Waals surface area contributed by atoms with Crippen LogP contribution in [0.15, 0.2) is 18.5 Å². The van der Waals surface area contributed by atoms with E-state index in [0.29, 0.717) is 11.8 Å². The van der Waals surface area contributed by atoms with Crippen molar-refractivity contribution in [2.45, 2.75) is 46.5 Å². The van der Waals surface area contributed by atoms with Crippen LogP contribution in [0.5, 0.6) is 0 Å². The zero-order valence-corrected chi connectivity index (χ0v) is 17.6. The molecule has 0 spiro atoms. The van der Waals surface area contributed by atoms with E-state index < -0.39 is 0 Å². The van der Waals surface area contributed by atoms with E-state index in [0.717, 1.165) is 24.2 Å². The molecule has 1 atom stereocenters. The third-order valence-corrected chi connectivity index (χ3v) is 3.30. The summed E-state index contributed by atoms with van der Waals surface area (Å²) in [6.07, 6.45) is 6.34. The van der Waals surface area contributed by atoms with Gasteiger partial charge in [0, 0.05) is 12.4 Å². The van der Waals surface area contributed by atoms with E-state index in [1.807, 2.05) is 0 Å². The van der Waals surface area contributed by atoms with E-state index in [-0.39, 0.29) is 38.5 Å². The summed E-state index contributed by atoms with van der Waals surface area (Å²) in [6, 6.07) is 2.30. The van der Waals surface area contributed by atoms with Crippen LogP contribution >= 0.6 is 0 Å². The van der Waals surface area contributed by atoms with Gasteiger partial charge in [-0.05, 0) is 29.9 Å². The second-order valence-electron chi connectivity index (χ2n) is 5.58. The molecule has 0 amide bonds. The first-order chi connectivity index (χ1) is 8.51. The second kappa shape index (κ2) is 8.25. The number of rotatable bonds is 4. The fourth-order valence-corrected chi connectivity index (χ4v) is 2.26. The van der Waals surface area contributed by atoms with Crippen molar-refractivity contribution in [2.75, 3.05) is 0 Å². The van der Waals surface area contributed by atoms with E-state index in [2.05, 4.69) is 57.5 Å². The SMILES string of the molecule is [CH2-]C(C)Cc1cc(C(C)C)cn2cc(CC)nc12.[CH3-].[U+2]. The fraction of sp³-hybridized carbons (Fsp3) is 0.471. The maximum absolute atomic E-state index is 4.72. The van der Waals surface area contributed by atoms with Gasteiger partial charge in [0.1, 0.15) is 5.65 Å². The Bertz CT molecular complexity index is 541. The van der Waals surface area contributed by atoms with E-state index in [1.54, 1.807) is 0 Å². The third-order valence-electron chi connectivity index (χ3n) is 3.30. The zero-order chi connectivity index (χ0) is 13.3. The molecule has 108 valence electrons. The largest absolute Gasteiger partial charge is 2.00 e. The summed E-state index contributed by atoms with van der Waals surface area (Å²) < 4.78 is 2.19. The quantitative estimate of drug-likeness (QED) is 0.571. The molecule has 2 nitrogen and oxygen atoms in total. The van der Waals surface area contributed by atoms with Crippen molar-refractivity contribution in [2.24, 2.45) is 5.92 Å². The maximum Gasteiger partial charge on any atom is 2.00 e. The average molecular weight is 496 g/mol. The Labute approximate surface area is 147 Å². The Morgan fingerprint density at radius 1 is 1.25 bits per heavy atom. The zero-order valence-electron chi connectivity index (χ0n) is 13.4. The van der Waals surface area contributed by atoms with Gasteiger partial charge in [-0.3, -0.25) is 0 Å². The van der Waals surface area contributed by atoms with Crippen LogP contribution in [-0.2, 0) is 12.8 Å². The molecule has 3 heteroatoms. The monoisotopic (exact) mass is 496 g/mol. The maximum atomic E-state index is 4.72. The fourth-order valence-electron chi connectivity index (χ4n) is 2.26. The number of fused-ring (bicyclic) bond motifs is 1. The molecule has 0 radical (unpaired) electrons. The van der Waals surface area contributed by atoms with Crippen LogP contribution in [0.2, 0.25) is 0 Å². The summed E-state index contributed by atoms with van der Waals surface area (Å²) in [5.41, 5.74) is 4.96. The van der Waals surface area contributed by atoms with Gasteiger partial charge >= 0.3 is 31.1 Å². The van der Waals surface area contributed by atoms with Crippen molar-refractivity contribution in [3.63, 3.8) is 0 Å². The van der Waals surface area contributed by atoms with E-state index >= 15 is 0 Å². The molecule has 2 aromatic heterocycles. The number of imidazole rings is 1. The first-order valence-electron chi connectivity index (χ1n) is 6.84. The molecule has 1 unspecified atom stereocenters. The van der Waals surface area contributed by atoms with Gasteiger partial charge in [-0.25, -0.2) is 4.98 Å². The van der Waals surface area contributed by atoms with Crippen molar-refractivity contribution in [3.8, 4) is 0 Å². The Morgan fingerprint density at radius 3 is 2.40 bits per heavy atom. The van der Waals surface area contributed by atoms with Crippen LogP contribution in [0.1, 0.15) is 50.4 Å². The molecule has 0 aliphatic carbocycles. The van der Waals surface area contributed by atoms with E-state index in [1.165, 1.54) is 11.1 Å². The Kier molecular flexibility index (Phi) is 8.14. The van der Waals surface area contributed by atoms with Crippen LogP contribution in [-0.4, -0.2) is 9.38 Å². The topological polar surface area (TPSA) is 17.3 Å². The van der Waals surface area contributed by atoms with Crippen molar-refractivity contribution in [1.29, 1.82) is 0 Å². The number of hydrogen-bond donors (Lipinski definition) is 0. The first-order valence-corrected chi connectivity index (χ1v) is 6.84. The molecule has 0 N–H and O–H groups in total. The molecule has 0 saturated carbocycles. The first kappa shape index (κ1) is 19.7. The van der Waals surface area contributed by atoms with Gasteiger partial charge in [-0.2, -0.15) is 5.92 Å². The minimum Gasteiger partial charge on any atom is -0.358 e. The number of aromatic nitrogens is 2. The molecule has 0 aromatic carbocycles. The molecule has 0 bridgehead atoms. The molecular weight excluding hydrogens is 470 g/mol. The minimum atomic E-state index is 0. The molecule has 0 fully saturated rings. The Hall–Kier alpha value is -0.258. The summed E-state index contributed by atoms with van der Waals surface area (Å²) in [6.45, 7) is 12.9. The van der Waals surface area contributed by atoms with Crippen molar-refractivity contribution < 1.29 is 31.1 Å². The normalized spacial score (nSPS) is 12.1. The van der Waals surface area contributed by atoms with Gasteiger partial charge in [0.05, 0.1) is 5.69 Å². The molecule has 0 aliphatic heterocycles. The summed E-state index contributed by atoms with van der Waals surface area (Å²) in [4.78, 5) is 4.72. The van der Waals surface area contributed by atoms with Crippen LogP contribution in [0.3, 0.4) is 0 Å². The van der Waals surface area contributed by atoms with Crippen LogP contribution < -0.4 is 0 Å². The molecular formula is C17H26N2U. The number of pyridine rings is 1. The second-order valence-corrected chi connectivity index (χ2v) is 5.58. The standard InChI is InChI=1S/C16H23N2.CH3.U/c1-6-15-10-18-9-14(12(4)5)8-13(7-11(2)3)16(18)17-15;;/h8-12H,2,6-7H2,1,3-5H3;1H3;/q2*-1;+2. The van der Waals surface area contributed by atoms with Crippen molar-refractivity contribution in [3.05, 3.63) is 49.6 Å². The number of hydrogen-bond acceptors (Lipinski definition) is 1. The van der Waals surface area contributed by atoms with E-state index in [4.69, 9.17) is 4.98 Å². The van der Waals surface area contributed by atoms with Crippen LogP contribution in [0.25, 0.3) is 5.65 Å². The minimum absolute atomic E-state index is 0. The average Bonchev–Trinajstić information content (AvgIpc) is 2.71. The summed E-state index contributed by atoms with van der Waals surface area (Å²) >= 11 is 0. The molecule has 0 saturated heterocycles. The Balaban J connectivity index is 0.00000180. The van der Waals surface area contributed by atoms with Crippen molar-refractivity contribution >= 4 is 5.65 Å². The van der Waals surface area contributed by atoms with Crippen molar-refractivity contribution in [1.82, 2.24) is 9.38 Å². The Morgan fingerprint density at radius 2 is 1.90 bits per heavy atom. The molecule has 2 aromatic rings. The predicted octanol–water partition coefficient (Wildman–Crippen LogP) is 4.48. The third kappa shape index (κ3) is 4.37. The number of aryl methyl sites for hydroxylation is 1. The van der Waals surface area contributed by atoms with Gasteiger partial charge in [0.25, 0.3) is 0 Å². The summed E-state index contributed by atoms with van der Waals surface area (Å²) in [7, 11) is 0. The summed E-state index contributed by atoms with van der Waals surface area (Å²) in [5, 5.41) is 0. The smallest absolute Gasteiger partial charge is 0.358 e. The van der Waals surface area contributed by atoms with Gasteiger partial charge in [0.2, 0.25) is 0 Å². The number of nitrogens with zero attached hydrogens (tertiary/aromatic N) is 2. The molecule has 2 rings (SSSR count). The van der Waals surface area contributed by atoms with Crippen LogP contribution in [0.4, 0.5) is 0 Å². The molecule has 20 heavy (non-hydrogen) atoms. The van der Waals surface area contributed by atoms with Crippen LogP contribution in [0, 0.1) is 51.4 Å². The van der Waals surface area contributed by atoms with Gasteiger partial charge in [-0.1, -0.05) is 33.8 Å².